The molecule has 3 atom stereocenters. The normalized spacial score (nSPS) is 13.9. The summed E-state index contributed by atoms with van der Waals surface area (Å²) in [5, 5.41) is 11.2. The van der Waals surface area contributed by atoms with Crippen LogP contribution in [0.5, 0.6) is 5.75 Å². The van der Waals surface area contributed by atoms with Crippen molar-refractivity contribution in [1.82, 2.24) is 0 Å². The first kappa shape index (κ1) is 23.8. The Kier molecular flexibility index (Phi) is 7.85. The third kappa shape index (κ3) is 5.78. The molecule has 174 valence electrons. The van der Waals surface area contributed by atoms with Crippen LogP contribution in [-0.4, -0.2) is 5.11 Å². The number of phenolic OH excluding ortho intramolecular Hbond substituents is 1. The summed E-state index contributed by atoms with van der Waals surface area (Å²) in [6.45, 7) is 6.90. The average Bonchev–Trinajstić information content (AvgIpc) is 2.85. The maximum atomic E-state index is 11.2. The van der Waals surface area contributed by atoms with Crippen LogP contribution in [0.2, 0.25) is 0 Å². The first-order chi connectivity index (χ1) is 16.5. The van der Waals surface area contributed by atoms with Gasteiger partial charge in [0.1, 0.15) is 5.75 Å². The molecule has 0 amide bonds. The highest BCUT2D eigenvalue weighted by atomic mass is 16.3. The van der Waals surface area contributed by atoms with Gasteiger partial charge in [0.15, 0.2) is 0 Å². The summed E-state index contributed by atoms with van der Waals surface area (Å²) in [7, 11) is 0. The fourth-order valence-electron chi connectivity index (χ4n) is 5.36. The molecule has 34 heavy (non-hydrogen) atoms. The van der Waals surface area contributed by atoms with Gasteiger partial charge >= 0.3 is 0 Å². The number of benzene rings is 4. The predicted molar refractivity (Wildman–Crippen MR) is 144 cm³/mol. The Morgan fingerprint density at radius 2 is 0.853 bits per heavy atom. The van der Waals surface area contributed by atoms with E-state index in [9.17, 15) is 5.11 Å². The summed E-state index contributed by atoms with van der Waals surface area (Å²) in [6.07, 6.45) is 2.86. The van der Waals surface area contributed by atoms with Crippen LogP contribution in [0.1, 0.15) is 71.9 Å². The third-order valence-electron chi connectivity index (χ3n) is 6.97. The molecule has 0 radical (unpaired) electrons. The molecular formula is C33H36O. The summed E-state index contributed by atoms with van der Waals surface area (Å²) < 4.78 is 0. The Morgan fingerprint density at radius 3 is 1.29 bits per heavy atom. The second-order valence-electron chi connectivity index (χ2n) is 9.77. The summed E-state index contributed by atoms with van der Waals surface area (Å²) in [5.41, 5.74) is 7.80. The molecule has 0 aromatic heterocycles. The van der Waals surface area contributed by atoms with Gasteiger partial charge in [-0.1, -0.05) is 118 Å². The van der Waals surface area contributed by atoms with E-state index in [0.717, 1.165) is 24.8 Å². The lowest BCUT2D eigenvalue weighted by atomic mass is 9.77. The van der Waals surface area contributed by atoms with Crippen molar-refractivity contribution >= 4 is 0 Å². The van der Waals surface area contributed by atoms with E-state index in [0.29, 0.717) is 17.6 Å². The monoisotopic (exact) mass is 448 g/mol. The maximum Gasteiger partial charge on any atom is 0.119 e. The lowest BCUT2D eigenvalue weighted by Crippen LogP contribution is -2.13. The van der Waals surface area contributed by atoms with Crippen LogP contribution in [0, 0.1) is 0 Å². The third-order valence-corrected chi connectivity index (χ3v) is 6.97. The van der Waals surface area contributed by atoms with Gasteiger partial charge in [-0.3, -0.25) is 0 Å². The molecule has 1 heteroatoms. The molecule has 4 aromatic rings. The molecule has 0 aliphatic rings. The molecule has 0 aliphatic heterocycles. The zero-order valence-corrected chi connectivity index (χ0v) is 20.6. The second-order valence-corrected chi connectivity index (χ2v) is 9.77. The predicted octanol–water partition coefficient (Wildman–Crippen LogP) is 8.43. The minimum atomic E-state index is 0.222. The molecule has 1 nitrogen and oxygen atoms in total. The van der Waals surface area contributed by atoms with Crippen LogP contribution in [0.15, 0.2) is 103 Å². The van der Waals surface area contributed by atoms with Crippen LogP contribution in [0.25, 0.3) is 0 Å². The van der Waals surface area contributed by atoms with Crippen LogP contribution >= 0.6 is 0 Å². The fraction of sp³-hybridized carbons (Fsp3) is 0.273. The molecule has 0 heterocycles. The highest BCUT2D eigenvalue weighted by Gasteiger charge is 2.25. The Hall–Kier alpha value is -3.32. The number of rotatable bonds is 9. The largest absolute Gasteiger partial charge is 0.508 e. The molecule has 0 spiro atoms. The topological polar surface area (TPSA) is 20.2 Å². The second kappa shape index (κ2) is 11.2. The highest BCUT2D eigenvalue weighted by molar-refractivity contribution is 5.50. The van der Waals surface area contributed by atoms with Crippen molar-refractivity contribution in [1.29, 1.82) is 0 Å². The van der Waals surface area contributed by atoms with Crippen LogP contribution in [0.3, 0.4) is 0 Å². The first-order valence-electron chi connectivity index (χ1n) is 12.5. The van der Waals surface area contributed by atoms with Gasteiger partial charge in [-0.2, -0.15) is 0 Å². The molecule has 0 saturated heterocycles. The molecular weight excluding hydrogens is 412 g/mol. The van der Waals surface area contributed by atoms with E-state index in [-0.39, 0.29) is 5.92 Å². The van der Waals surface area contributed by atoms with Gasteiger partial charge in [0.25, 0.3) is 0 Å². The fourth-order valence-corrected chi connectivity index (χ4v) is 5.36. The van der Waals surface area contributed by atoms with Crippen molar-refractivity contribution in [2.24, 2.45) is 0 Å². The van der Waals surface area contributed by atoms with Gasteiger partial charge in [-0.15, -0.1) is 0 Å². The SMILES string of the molecule is CC(Cc1ccccc1)c1ccc(O)c(C(C)Cc2ccccc2)c1C(C)Cc1ccccc1. The van der Waals surface area contributed by atoms with E-state index >= 15 is 0 Å². The van der Waals surface area contributed by atoms with Crippen molar-refractivity contribution in [2.75, 3.05) is 0 Å². The minimum Gasteiger partial charge on any atom is -0.508 e. The minimum absolute atomic E-state index is 0.222. The molecule has 0 saturated carbocycles. The van der Waals surface area contributed by atoms with Gasteiger partial charge in [0.05, 0.1) is 0 Å². The van der Waals surface area contributed by atoms with E-state index in [2.05, 4.69) is 118 Å². The van der Waals surface area contributed by atoms with Gasteiger partial charge in [-0.25, -0.2) is 0 Å². The Labute approximate surface area is 205 Å². The standard InChI is InChI=1S/C33H36O/c1-24(21-27-13-7-4-8-14-27)30-19-20-31(34)33(26(3)23-29-17-11-6-12-18-29)32(30)25(2)22-28-15-9-5-10-16-28/h4-20,24-26,34H,21-23H2,1-3H3. The smallest absolute Gasteiger partial charge is 0.119 e. The Bertz CT molecular complexity index is 1170. The summed E-state index contributed by atoms with van der Waals surface area (Å²) in [4.78, 5) is 0. The summed E-state index contributed by atoms with van der Waals surface area (Å²) in [6, 6.07) is 36.2. The van der Waals surface area contributed by atoms with Crippen LogP contribution in [-0.2, 0) is 19.3 Å². The molecule has 0 bridgehead atoms. The Balaban J connectivity index is 1.74. The van der Waals surface area contributed by atoms with E-state index < -0.39 is 0 Å². The van der Waals surface area contributed by atoms with Gasteiger partial charge < -0.3 is 5.11 Å². The zero-order chi connectivity index (χ0) is 23.9. The van der Waals surface area contributed by atoms with Crippen LogP contribution < -0.4 is 0 Å². The first-order valence-corrected chi connectivity index (χ1v) is 12.5. The number of phenols is 1. The van der Waals surface area contributed by atoms with Gasteiger partial charge in [0.2, 0.25) is 0 Å². The van der Waals surface area contributed by atoms with Crippen molar-refractivity contribution in [3.05, 3.63) is 137 Å². The highest BCUT2D eigenvalue weighted by Crippen LogP contribution is 2.41. The Morgan fingerprint density at radius 1 is 0.471 bits per heavy atom. The van der Waals surface area contributed by atoms with Gasteiger partial charge in [0, 0.05) is 5.56 Å². The molecule has 0 aliphatic carbocycles. The molecule has 3 unspecified atom stereocenters. The van der Waals surface area contributed by atoms with E-state index in [1.165, 1.54) is 27.8 Å². The lowest BCUT2D eigenvalue weighted by Gasteiger charge is -2.28. The van der Waals surface area contributed by atoms with Crippen molar-refractivity contribution in [2.45, 2.75) is 57.8 Å². The van der Waals surface area contributed by atoms with E-state index in [4.69, 9.17) is 0 Å². The summed E-state index contributed by atoms with van der Waals surface area (Å²) >= 11 is 0. The lowest BCUT2D eigenvalue weighted by molar-refractivity contribution is 0.458. The number of hydrogen-bond acceptors (Lipinski definition) is 1. The molecule has 4 rings (SSSR count). The molecule has 4 aromatic carbocycles. The van der Waals surface area contributed by atoms with Gasteiger partial charge in [-0.05, 0) is 70.9 Å². The maximum absolute atomic E-state index is 11.2. The average molecular weight is 449 g/mol. The molecule has 1 N–H and O–H groups in total. The number of aromatic hydroxyl groups is 1. The van der Waals surface area contributed by atoms with Crippen LogP contribution in [0.4, 0.5) is 0 Å². The zero-order valence-electron chi connectivity index (χ0n) is 20.6. The quantitative estimate of drug-likeness (QED) is 0.272. The molecule has 0 fully saturated rings. The van der Waals surface area contributed by atoms with Crippen molar-refractivity contribution in [3.63, 3.8) is 0 Å². The van der Waals surface area contributed by atoms with E-state index in [1.54, 1.807) is 0 Å². The van der Waals surface area contributed by atoms with E-state index in [1.807, 2.05) is 6.07 Å². The van der Waals surface area contributed by atoms with Crippen molar-refractivity contribution < 1.29 is 5.11 Å². The summed E-state index contributed by atoms with van der Waals surface area (Å²) in [5.74, 6) is 1.31. The number of hydrogen-bond donors (Lipinski definition) is 1. The van der Waals surface area contributed by atoms with Crippen molar-refractivity contribution in [3.8, 4) is 5.75 Å².